The molecule has 0 saturated carbocycles. The van der Waals surface area contributed by atoms with Gasteiger partial charge in [-0.25, -0.2) is 8.78 Å². The third-order valence-electron chi connectivity index (χ3n) is 2.09. The van der Waals surface area contributed by atoms with Crippen molar-refractivity contribution in [3.63, 3.8) is 0 Å². The molecule has 0 amide bonds. The highest BCUT2D eigenvalue weighted by Gasteiger charge is 2.17. The zero-order chi connectivity index (χ0) is 12.3. The highest BCUT2D eigenvalue weighted by molar-refractivity contribution is 7.98. The molecule has 1 atom stereocenters. The highest BCUT2D eigenvalue weighted by Crippen LogP contribution is 2.31. The lowest BCUT2D eigenvalue weighted by molar-refractivity contribution is -0.116. The first-order chi connectivity index (χ1) is 7.45. The summed E-state index contributed by atoms with van der Waals surface area (Å²) < 4.78 is 25.2. The maximum atomic E-state index is 12.6. The number of halogens is 3. The molecule has 0 saturated heterocycles. The molecule has 0 spiro atoms. The van der Waals surface area contributed by atoms with E-state index in [0.29, 0.717) is 10.5 Å². The van der Waals surface area contributed by atoms with Gasteiger partial charge in [-0.3, -0.25) is 4.79 Å². The van der Waals surface area contributed by atoms with Gasteiger partial charge in [-0.15, -0.1) is 23.4 Å². The number of alkyl halides is 3. The third kappa shape index (κ3) is 3.19. The smallest absolute Gasteiger partial charge is 0.263 e. The number of thioether (sulfide) groups is 1. The Labute approximate surface area is 102 Å². The predicted octanol–water partition coefficient (Wildman–Crippen LogP) is 4.22. The summed E-state index contributed by atoms with van der Waals surface area (Å²) in [5.41, 5.74) is 0.324. The Kier molecular flexibility index (Phi) is 4.74. The Morgan fingerprint density at radius 1 is 1.31 bits per heavy atom. The van der Waals surface area contributed by atoms with Gasteiger partial charge in [0.15, 0.2) is 5.78 Å². The van der Waals surface area contributed by atoms with Gasteiger partial charge in [0.05, 0.1) is 0 Å². The lowest BCUT2D eigenvalue weighted by Crippen LogP contribution is -2.02. The number of rotatable bonds is 4. The molecule has 0 aromatic heterocycles. The first-order valence-corrected chi connectivity index (χ1v) is 6.23. The van der Waals surface area contributed by atoms with E-state index < -0.39 is 11.8 Å². The average Bonchev–Trinajstić information content (AvgIpc) is 2.27. The third-order valence-corrected chi connectivity index (χ3v) is 3.35. The Bertz CT molecular complexity index is 396. The minimum atomic E-state index is -2.55. The van der Waals surface area contributed by atoms with Crippen molar-refractivity contribution in [2.45, 2.75) is 23.6 Å². The molecule has 0 bridgehead atoms. The summed E-state index contributed by atoms with van der Waals surface area (Å²) in [4.78, 5) is 11.8. The maximum Gasteiger partial charge on any atom is 0.263 e. The highest BCUT2D eigenvalue weighted by atomic mass is 35.5. The molecule has 0 heterocycles. The molecule has 5 heteroatoms. The van der Waals surface area contributed by atoms with E-state index in [1.807, 2.05) is 0 Å². The zero-order valence-corrected chi connectivity index (χ0v) is 10.4. The molecule has 1 unspecified atom stereocenters. The monoisotopic (exact) mass is 264 g/mol. The van der Waals surface area contributed by atoms with Crippen LogP contribution in [0.5, 0.6) is 0 Å². The number of carbonyl (C=O) groups excluding carboxylic acids is 1. The largest absolute Gasteiger partial charge is 0.298 e. The molecule has 0 N–H and O–H groups in total. The molecule has 0 fully saturated rings. The predicted molar refractivity (Wildman–Crippen MR) is 62.5 cm³/mol. The molecular formula is C11H11ClF2OS. The van der Waals surface area contributed by atoms with Gasteiger partial charge in [-0.1, -0.05) is 0 Å². The van der Waals surface area contributed by atoms with Crippen molar-refractivity contribution in [1.82, 2.24) is 0 Å². The minimum Gasteiger partial charge on any atom is -0.298 e. The molecule has 0 aliphatic rings. The number of carbonyl (C=O) groups is 1. The molecule has 1 rings (SSSR count). The number of hydrogen-bond acceptors (Lipinski definition) is 2. The van der Waals surface area contributed by atoms with Crippen LogP contribution in [-0.2, 0) is 4.79 Å². The molecule has 88 valence electrons. The van der Waals surface area contributed by atoms with E-state index in [4.69, 9.17) is 11.6 Å². The van der Waals surface area contributed by atoms with Gasteiger partial charge in [-0.2, -0.15) is 0 Å². The fourth-order valence-electron chi connectivity index (χ4n) is 1.27. The van der Waals surface area contributed by atoms with Crippen LogP contribution in [-0.4, -0.2) is 12.0 Å². The van der Waals surface area contributed by atoms with Gasteiger partial charge in [0, 0.05) is 10.5 Å². The molecule has 1 aromatic carbocycles. The van der Waals surface area contributed by atoms with Crippen molar-refractivity contribution in [3.05, 3.63) is 29.3 Å². The van der Waals surface area contributed by atoms with Crippen LogP contribution in [0.1, 0.15) is 29.9 Å². The zero-order valence-electron chi connectivity index (χ0n) is 8.84. The van der Waals surface area contributed by atoms with Crippen LogP contribution in [0.3, 0.4) is 0 Å². The maximum absolute atomic E-state index is 12.6. The summed E-state index contributed by atoms with van der Waals surface area (Å²) in [7, 11) is 0. The molecule has 0 radical (unpaired) electrons. The van der Waals surface area contributed by atoms with Gasteiger partial charge in [0.1, 0.15) is 5.38 Å². The Balaban J connectivity index is 3.18. The van der Waals surface area contributed by atoms with E-state index in [1.54, 1.807) is 12.3 Å². The van der Waals surface area contributed by atoms with Gasteiger partial charge >= 0.3 is 0 Å². The summed E-state index contributed by atoms with van der Waals surface area (Å²) in [5.74, 6) is -0.250. The molecule has 0 aliphatic heterocycles. The number of benzene rings is 1. The summed E-state index contributed by atoms with van der Waals surface area (Å²) in [5, 5.41) is -0.857. The van der Waals surface area contributed by atoms with E-state index in [0.717, 1.165) is 0 Å². The van der Waals surface area contributed by atoms with E-state index in [2.05, 4.69) is 0 Å². The van der Waals surface area contributed by atoms with Crippen molar-refractivity contribution >= 4 is 29.1 Å². The topological polar surface area (TPSA) is 17.1 Å². The molecule has 0 aliphatic carbocycles. The van der Waals surface area contributed by atoms with Crippen molar-refractivity contribution in [3.8, 4) is 0 Å². The van der Waals surface area contributed by atoms with Crippen molar-refractivity contribution < 1.29 is 13.6 Å². The normalized spacial score (nSPS) is 12.9. The quantitative estimate of drug-likeness (QED) is 0.598. The van der Waals surface area contributed by atoms with E-state index in [-0.39, 0.29) is 11.3 Å². The van der Waals surface area contributed by atoms with Gasteiger partial charge < -0.3 is 0 Å². The van der Waals surface area contributed by atoms with Crippen LogP contribution < -0.4 is 0 Å². The second-order valence-corrected chi connectivity index (χ2v) is 4.63. The lowest BCUT2D eigenvalue weighted by atomic mass is 10.1. The lowest BCUT2D eigenvalue weighted by Gasteiger charge is -2.10. The summed E-state index contributed by atoms with van der Waals surface area (Å²) in [6.45, 7) is 1.34. The second kappa shape index (κ2) is 5.64. The molecule has 1 nitrogen and oxygen atoms in total. The molecule has 1 aromatic rings. The average molecular weight is 265 g/mol. The Hall–Kier alpha value is -0.610. The fraction of sp³-hybridized carbons (Fsp3) is 0.364. The first-order valence-electron chi connectivity index (χ1n) is 4.57. The second-order valence-electron chi connectivity index (χ2n) is 3.31. The number of Topliss-reactive ketones (excluding diaryl/α,β-unsaturated/α-hetero) is 1. The van der Waals surface area contributed by atoms with Crippen molar-refractivity contribution in [2.24, 2.45) is 0 Å². The van der Waals surface area contributed by atoms with Crippen LogP contribution in [0.2, 0.25) is 0 Å². The van der Waals surface area contributed by atoms with Gasteiger partial charge in [-0.05, 0) is 36.9 Å². The van der Waals surface area contributed by atoms with Gasteiger partial charge in [0.2, 0.25) is 0 Å². The van der Waals surface area contributed by atoms with Crippen molar-refractivity contribution in [2.75, 3.05) is 6.26 Å². The van der Waals surface area contributed by atoms with Crippen LogP contribution in [0.25, 0.3) is 0 Å². The standard InChI is InChI=1S/C11H11ClF2OS/c1-6(15)10(12)7-3-8(11(13)14)5-9(4-7)16-2/h3-5,10-11H,1-2H3. The fourth-order valence-corrected chi connectivity index (χ4v) is 1.90. The van der Waals surface area contributed by atoms with Gasteiger partial charge in [0.25, 0.3) is 6.43 Å². The molecular weight excluding hydrogens is 254 g/mol. The number of ketones is 1. The van der Waals surface area contributed by atoms with Crippen LogP contribution in [0.4, 0.5) is 8.78 Å². The van der Waals surface area contributed by atoms with E-state index in [1.165, 1.54) is 30.8 Å². The van der Waals surface area contributed by atoms with Crippen molar-refractivity contribution in [1.29, 1.82) is 0 Å². The molecule has 16 heavy (non-hydrogen) atoms. The Morgan fingerprint density at radius 3 is 2.31 bits per heavy atom. The Morgan fingerprint density at radius 2 is 1.88 bits per heavy atom. The summed E-state index contributed by atoms with van der Waals surface area (Å²) >= 11 is 7.18. The first kappa shape index (κ1) is 13.5. The van der Waals surface area contributed by atoms with E-state index in [9.17, 15) is 13.6 Å². The SMILES string of the molecule is CSc1cc(C(F)F)cc(C(Cl)C(C)=O)c1. The van der Waals surface area contributed by atoms with Crippen LogP contribution >= 0.6 is 23.4 Å². The van der Waals surface area contributed by atoms with Crippen LogP contribution in [0.15, 0.2) is 23.1 Å². The summed E-state index contributed by atoms with van der Waals surface area (Å²) in [6.07, 6.45) is -0.771. The number of hydrogen-bond donors (Lipinski definition) is 0. The van der Waals surface area contributed by atoms with E-state index >= 15 is 0 Å². The van der Waals surface area contributed by atoms with Crippen LogP contribution in [0, 0.1) is 0 Å². The summed E-state index contributed by atoms with van der Waals surface area (Å²) in [6, 6.07) is 4.35. The minimum absolute atomic E-state index is 0.103.